The second kappa shape index (κ2) is 9.77. The molecule has 1 amide bonds. The van der Waals surface area contributed by atoms with Gasteiger partial charge in [-0.1, -0.05) is 12.1 Å². The molecule has 33 heavy (non-hydrogen) atoms. The Kier molecular flexibility index (Phi) is 6.59. The topological polar surface area (TPSA) is 84.5 Å². The number of amides is 1. The van der Waals surface area contributed by atoms with Crippen LogP contribution in [0.4, 0.5) is 0 Å². The molecule has 2 aromatic heterocycles. The number of nitrogens with zero attached hydrogens (tertiary/aromatic N) is 2. The molecule has 9 heteroatoms. The van der Waals surface area contributed by atoms with Crippen molar-refractivity contribution in [3.63, 3.8) is 0 Å². The zero-order chi connectivity index (χ0) is 22.8. The molecule has 3 heterocycles. The monoisotopic (exact) mass is 485 g/mol. The Balaban J connectivity index is 1.23. The highest BCUT2D eigenvalue weighted by molar-refractivity contribution is 7.99. The first-order chi connectivity index (χ1) is 16.1. The first-order valence-electron chi connectivity index (χ1n) is 11.4. The van der Waals surface area contributed by atoms with E-state index in [-0.39, 0.29) is 11.5 Å². The molecule has 0 saturated carbocycles. The summed E-state index contributed by atoms with van der Waals surface area (Å²) in [5, 5.41) is 0.772. The number of benzene rings is 1. The number of rotatable bonds is 7. The smallest absolute Gasteiger partial charge is 0.259 e. The molecule has 0 radical (unpaired) electrons. The Morgan fingerprint density at radius 3 is 2.97 bits per heavy atom. The SMILES string of the molecule is CCN(Cc1cccc2c1OCCO2)C(=O)CSCc1nc2sc3c(c2c(=O)[nH]1)CCCC3. The first kappa shape index (κ1) is 22.3. The minimum atomic E-state index is -0.0485. The van der Waals surface area contributed by atoms with Gasteiger partial charge in [-0.05, 0) is 44.2 Å². The van der Waals surface area contributed by atoms with Gasteiger partial charge in [-0.2, -0.15) is 0 Å². The average molecular weight is 486 g/mol. The lowest BCUT2D eigenvalue weighted by molar-refractivity contribution is -0.128. The third kappa shape index (κ3) is 4.61. The van der Waals surface area contributed by atoms with Crippen molar-refractivity contribution in [3.8, 4) is 11.5 Å². The summed E-state index contributed by atoms with van der Waals surface area (Å²) in [6, 6.07) is 5.79. The van der Waals surface area contributed by atoms with Gasteiger partial charge in [0.2, 0.25) is 5.91 Å². The minimum Gasteiger partial charge on any atom is -0.486 e. The second-order valence-corrected chi connectivity index (χ2v) is 10.3. The van der Waals surface area contributed by atoms with Crippen molar-refractivity contribution in [1.82, 2.24) is 14.9 Å². The molecule has 0 unspecified atom stereocenters. The van der Waals surface area contributed by atoms with Gasteiger partial charge in [0.15, 0.2) is 11.5 Å². The molecule has 1 aliphatic heterocycles. The number of hydrogen-bond donors (Lipinski definition) is 1. The van der Waals surface area contributed by atoms with E-state index in [1.54, 1.807) is 11.3 Å². The van der Waals surface area contributed by atoms with Crippen molar-refractivity contribution in [2.75, 3.05) is 25.5 Å². The van der Waals surface area contributed by atoms with Crippen LogP contribution in [0.15, 0.2) is 23.0 Å². The quantitative estimate of drug-likeness (QED) is 0.546. The maximum Gasteiger partial charge on any atom is 0.259 e. The lowest BCUT2D eigenvalue weighted by Crippen LogP contribution is -2.32. The summed E-state index contributed by atoms with van der Waals surface area (Å²) in [5.41, 5.74) is 2.10. The molecule has 5 rings (SSSR count). The standard InChI is InChI=1S/C24H27N3O4S2/c1-2-27(12-15-6-5-8-17-22(15)31-11-10-30-17)20(28)14-32-13-19-25-23(29)21-16-7-3-4-9-18(16)33-24(21)26-19/h5-6,8H,2-4,7,9-14H2,1H3,(H,25,26,29). The molecule has 0 fully saturated rings. The number of fused-ring (bicyclic) bond motifs is 4. The fourth-order valence-corrected chi connectivity index (χ4v) is 6.51. The number of aromatic amines is 1. The summed E-state index contributed by atoms with van der Waals surface area (Å²) in [5.74, 6) is 2.97. The molecule has 3 aromatic rings. The van der Waals surface area contributed by atoms with Gasteiger partial charge in [-0.3, -0.25) is 9.59 Å². The molecule has 0 bridgehead atoms. The van der Waals surface area contributed by atoms with Crippen molar-refractivity contribution in [2.45, 2.75) is 44.9 Å². The molecule has 7 nitrogen and oxygen atoms in total. The minimum absolute atomic E-state index is 0.0480. The molecule has 0 saturated heterocycles. The maximum atomic E-state index is 12.9. The van der Waals surface area contributed by atoms with E-state index in [0.717, 1.165) is 46.5 Å². The van der Waals surface area contributed by atoms with Gasteiger partial charge in [-0.25, -0.2) is 4.98 Å². The van der Waals surface area contributed by atoms with E-state index in [1.165, 1.54) is 28.6 Å². The summed E-state index contributed by atoms with van der Waals surface area (Å²) >= 11 is 3.13. The van der Waals surface area contributed by atoms with E-state index >= 15 is 0 Å². The summed E-state index contributed by atoms with van der Waals surface area (Å²) in [6.07, 6.45) is 4.33. The molecule has 174 valence electrons. The van der Waals surface area contributed by atoms with Gasteiger partial charge in [0.05, 0.1) is 16.9 Å². The number of ether oxygens (including phenoxy) is 2. The van der Waals surface area contributed by atoms with Crippen LogP contribution in [-0.2, 0) is 29.9 Å². The largest absolute Gasteiger partial charge is 0.486 e. The zero-order valence-corrected chi connectivity index (χ0v) is 20.3. The lowest BCUT2D eigenvalue weighted by atomic mass is 9.97. The molecule has 0 atom stereocenters. The molecular weight excluding hydrogens is 458 g/mol. The number of thioether (sulfide) groups is 1. The van der Waals surface area contributed by atoms with Gasteiger partial charge in [0.1, 0.15) is 23.9 Å². The van der Waals surface area contributed by atoms with E-state index in [1.807, 2.05) is 30.0 Å². The van der Waals surface area contributed by atoms with Crippen molar-refractivity contribution < 1.29 is 14.3 Å². The maximum absolute atomic E-state index is 12.9. The van der Waals surface area contributed by atoms with Crippen LogP contribution in [-0.4, -0.2) is 46.3 Å². The summed E-state index contributed by atoms with van der Waals surface area (Å²) in [4.78, 5) is 37.2. The second-order valence-electron chi connectivity index (χ2n) is 8.25. The van der Waals surface area contributed by atoms with Crippen molar-refractivity contribution in [2.24, 2.45) is 0 Å². The highest BCUT2D eigenvalue weighted by Crippen LogP contribution is 2.35. The van der Waals surface area contributed by atoms with Gasteiger partial charge in [0.25, 0.3) is 5.56 Å². The van der Waals surface area contributed by atoms with E-state index in [4.69, 9.17) is 14.5 Å². The molecule has 0 spiro atoms. The van der Waals surface area contributed by atoms with Crippen molar-refractivity contribution >= 4 is 39.2 Å². The number of carbonyl (C=O) groups excluding carboxylic acids is 1. The van der Waals surface area contributed by atoms with Crippen LogP contribution in [0.5, 0.6) is 11.5 Å². The number of carbonyl (C=O) groups is 1. The van der Waals surface area contributed by atoms with Crippen LogP contribution < -0.4 is 15.0 Å². The van der Waals surface area contributed by atoms with Crippen LogP contribution in [0, 0.1) is 0 Å². The van der Waals surface area contributed by atoms with Crippen molar-refractivity contribution in [3.05, 3.63) is 50.4 Å². The number of para-hydroxylation sites is 1. The third-order valence-electron chi connectivity index (χ3n) is 6.08. The fourth-order valence-electron chi connectivity index (χ4n) is 4.44. The summed E-state index contributed by atoms with van der Waals surface area (Å²) in [7, 11) is 0. The Morgan fingerprint density at radius 2 is 2.09 bits per heavy atom. The van der Waals surface area contributed by atoms with Crippen LogP contribution in [0.25, 0.3) is 10.2 Å². The molecule has 1 N–H and O–H groups in total. The van der Waals surface area contributed by atoms with Gasteiger partial charge >= 0.3 is 0 Å². The predicted molar refractivity (Wildman–Crippen MR) is 132 cm³/mol. The van der Waals surface area contributed by atoms with E-state index in [0.29, 0.717) is 43.6 Å². The number of aryl methyl sites for hydroxylation is 2. The first-order valence-corrected chi connectivity index (χ1v) is 13.4. The highest BCUT2D eigenvalue weighted by atomic mass is 32.2. The Labute approximate surface area is 200 Å². The lowest BCUT2D eigenvalue weighted by Gasteiger charge is -2.25. The Hall–Kier alpha value is -2.52. The van der Waals surface area contributed by atoms with Gasteiger partial charge in [-0.15, -0.1) is 23.1 Å². The van der Waals surface area contributed by atoms with Crippen LogP contribution in [0.2, 0.25) is 0 Å². The normalized spacial score (nSPS) is 14.8. The molecule has 2 aliphatic rings. The number of nitrogens with one attached hydrogen (secondary N) is 1. The Bertz CT molecular complexity index is 1240. The van der Waals surface area contributed by atoms with Crippen LogP contribution in [0.3, 0.4) is 0 Å². The van der Waals surface area contributed by atoms with Crippen LogP contribution >= 0.6 is 23.1 Å². The van der Waals surface area contributed by atoms with Gasteiger partial charge < -0.3 is 19.4 Å². The predicted octanol–water partition coefficient (Wildman–Crippen LogP) is 3.92. The molecular formula is C24H27N3O4S2. The number of thiophene rings is 1. The van der Waals surface area contributed by atoms with Crippen molar-refractivity contribution in [1.29, 1.82) is 0 Å². The van der Waals surface area contributed by atoms with E-state index in [9.17, 15) is 9.59 Å². The summed E-state index contributed by atoms with van der Waals surface area (Å²) < 4.78 is 11.4. The van der Waals surface area contributed by atoms with E-state index in [2.05, 4.69) is 4.98 Å². The highest BCUT2D eigenvalue weighted by Gasteiger charge is 2.21. The number of aromatic nitrogens is 2. The molecule has 1 aromatic carbocycles. The molecule has 1 aliphatic carbocycles. The third-order valence-corrected chi connectivity index (χ3v) is 8.20. The summed E-state index contributed by atoms with van der Waals surface area (Å²) in [6.45, 7) is 4.11. The zero-order valence-electron chi connectivity index (χ0n) is 18.6. The van der Waals surface area contributed by atoms with E-state index < -0.39 is 0 Å². The van der Waals surface area contributed by atoms with Crippen LogP contribution in [0.1, 0.15) is 41.6 Å². The average Bonchev–Trinajstić information content (AvgIpc) is 3.21. The Morgan fingerprint density at radius 1 is 1.24 bits per heavy atom. The fraction of sp³-hybridized carbons (Fsp3) is 0.458. The number of hydrogen-bond acceptors (Lipinski definition) is 7. The van der Waals surface area contributed by atoms with Gasteiger partial charge in [0, 0.05) is 23.5 Å². The number of H-pyrrole nitrogens is 1.